The van der Waals surface area contributed by atoms with Crippen molar-refractivity contribution in [3.8, 4) is 11.8 Å². The predicted octanol–water partition coefficient (Wildman–Crippen LogP) is 5.68. The number of likely N-dealkylation sites (N-methyl/N-ethyl adjacent to an activating group) is 1. The Balaban J connectivity index is 1.90. The number of carbonyl (C=O) groups excluding carboxylic acids is 1. The zero-order valence-electron chi connectivity index (χ0n) is 15.9. The van der Waals surface area contributed by atoms with Gasteiger partial charge in [-0.1, -0.05) is 66.4 Å². The summed E-state index contributed by atoms with van der Waals surface area (Å²) in [5.41, 5.74) is 4.97. The third-order valence-electron chi connectivity index (χ3n) is 4.42. The molecule has 3 aromatic carbocycles. The van der Waals surface area contributed by atoms with Crippen molar-refractivity contribution in [1.82, 2.24) is 0 Å². The molecule has 0 unspecified atom stereocenters. The van der Waals surface area contributed by atoms with Gasteiger partial charge in [0.25, 0.3) is 5.91 Å². The van der Waals surface area contributed by atoms with E-state index in [0.29, 0.717) is 5.57 Å². The lowest BCUT2D eigenvalue weighted by Crippen LogP contribution is -2.27. The maximum atomic E-state index is 13.0. The summed E-state index contributed by atoms with van der Waals surface area (Å²) in [6.07, 6.45) is 0. The second kappa shape index (κ2) is 8.90. The van der Waals surface area contributed by atoms with Crippen LogP contribution in [0.5, 0.6) is 0 Å². The van der Waals surface area contributed by atoms with Crippen molar-refractivity contribution in [3.63, 3.8) is 0 Å². The van der Waals surface area contributed by atoms with Crippen molar-refractivity contribution in [2.75, 3.05) is 11.9 Å². The fourth-order valence-electron chi connectivity index (χ4n) is 2.78. The summed E-state index contributed by atoms with van der Waals surface area (Å²) in [4.78, 5) is 14.7. The molecule has 3 rings (SSSR count). The van der Waals surface area contributed by atoms with Gasteiger partial charge >= 0.3 is 0 Å². The molecule has 0 atom stereocenters. The summed E-state index contributed by atoms with van der Waals surface area (Å²) in [6.45, 7) is 6.12. The van der Waals surface area contributed by atoms with Gasteiger partial charge in [0.05, 0.1) is 5.69 Å². The molecule has 0 fully saturated rings. The SMILES string of the molecule is C=C(C(=O)N(C)c1ccccc1I)c1ccccc1C#Cc1ccc(C)cc1. The second-order valence-corrected chi connectivity index (χ2v) is 7.62. The van der Waals surface area contributed by atoms with Gasteiger partial charge in [-0.3, -0.25) is 4.79 Å². The van der Waals surface area contributed by atoms with Crippen LogP contribution in [0.3, 0.4) is 0 Å². The molecule has 0 radical (unpaired) electrons. The number of hydrogen-bond donors (Lipinski definition) is 0. The number of benzene rings is 3. The van der Waals surface area contributed by atoms with Crippen LogP contribution in [-0.4, -0.2) is 13.0 Å². The number of anilines is 1. The van der Waals surface area contributed by atoms with Crippen molar-refractivity contribution in [1.29, 1.82) is 0 Å². The van der Waals surface area contributed by atoms with Crippen LogP contribution < -0.4 is 4.90 Å². The minimum absolute atomic E-state index is 0.145. The van der Waals surface area contributed by atoms with Crippen LogP contribution in [0.25, 0.3) is 5.57 Å². The second-order valence-electron chi connectivity index (χ2n) is 6.46. The maximum Gasteiger partial charge on any atom is 0.258 e. The van der Waals surface area contributed by atoms with E-state index in [9.17, 15) is 4.79 Å². The topological polar surface area (TPSA) is 20.3 Å². The molecule has 0 heterocycles. The lowest BCUT2D eigenvalue weighted by molar-refractivity contribution is -0.113. The first-order valence-electron chi connectivity index (χ1n) is 8.87. The number of nitrogens with zero attached hydrogens (tertiary/aromatic N) is 1. The molecule has 0 aliphatic carbocycles. The Kier molecular flexibility index (Phi) is 6.33. The van der Waals surface area contributed by atoms with Gasteiger partial charge in [0.2, 0.25) is 0 Å². The molecule has 0 aromatic heterocycles. The van der Waals surface area contributed by atoms with Gasteiger partial charge in [-0.2, -0.15) is 0 Å². The van der Waals surface area contributed by atoms with E-state index in [4.69, 9.17) is 0 Å². The molecule has 2 nitrogen and oxygen atoms in total. The number of rotatable bonds is 3. The number of carbonyl (C=O) groups is 1. The molecule has 138 valence electrons. The van der Waals surface area contributed by atoms with Crippen LogP contribution in [0, 0.1) is 22.3 Å². The first kappa shape index (κ1) is 19.9. The fraction of sp³-hybridized carbons (Fsp3) is 0.0800. The molecule has 3 aromatic rings. The average Bonchev–Trinajstić information content (AvgIpc) is 2.72. The van der Waals surface area contributed by atoms with E-state index in [1.165, 1.54) is 5.56 Å². The average molecular weight is 477 g/mol. The Morgan fingerprint density at radius 3 is 2.29 bits per heavy atom. The molecular weight excluding hydrogens is 457 g/mol. The van der Waals surface area contributed by atoms with E-state index < -0.39 is 0 Å². The Hall–Kier alpha value is -2.84. The third kappa shape index (κ3) is 4.52. The minimum Gasteiger partial charge on any atom is -0.310 e. The lowest BCUT2D eigenvalue weighted by Gasteiger charge is -2.20. The maximum absolute atomic E-state index is 13.0. The quantitative estimate of drug-likeness (QED) is 0.270. The molecule has 0 aliphatic rings. The van der Waals surface area contributed by atoms with Gasteiger partial charge in [0.1, 0.15) is 0 Å². The number of amides is 1. The van der Waals surface area contributed by atoms with Gasteiger partial charge in [-0.15, -0.1) is 0 Å². The predicted molar refractivity (Wildman–Crippen MR) is 125 cm³/mol. The van der Waals surface area contributed by atoms with Crippen molar-refractivity contribution >= 4 is 39.8 Å². The van der Waals surface area contributed by atoms with Crippen molar-refractivity contribution in [2.24, 2.45) is 0 Å². The van der Waals surface area contributed by atoms with E-state index in [1.54, 1.807) is 11.9 Å². The van der Waals surface area contributed by atoms with E-state index in [0.717, 1.165) is 25.9 Å². The summed E-state index contributed by atoms with van der Waals surface area (Å²) in [5, 5.41) is 0. The normalized spacial score (nSPS) is 9.96. The van der Waals surface area contributed by atoms with Crippen molar-refractivity contribution < 1.29 is 4.79 Å². The van der Waals surface area contributed by atoms with Gasteiger partial charge in [0, 0.05) is 32.9 Å². The lowest BCUT2D eigenvalue weighted by atomic mass is 9.99. The molecule has 0 spiro atoms. The zero-order chi connectivity index (χ0) is 20.1. The van der Waals surface area contributed by atoms with Crippen LogP contribution >= 0.6 is 22.6 Å². The number of aryl methyl sites for hydroxylation is 1. The van der Waals surface area contributed by atoms with Crippen LogP contribution in [-0.2, 0) is 4.79 Å². The van der Waals surface area contributed by atoms with Gasteiger partial charge in [0.15, 0.2) is 0 Å². The highest BCUT2D eigenvalue weighted by molar-refractivity contribution is 14.1. The van der Waals surface area contributed by atoms with Crippen LogP contribution in [0.4, 0.5) is 5.69 Å². The van der Waals surface area contributed by atoms with Gasteiger partial charge < -0.3 is 4.90 Å². The first-order chi connectivity index (χ1) is 13.5. The third-order valence-corrected chi connectivity index (χ3v) is 5.33. The Labute approximate surface area is 180 Å². The van der Waals surface area contributed by atoms with Crippen LogP contribution in [0.15, 0.2) is 79.4 Å². The highest BCUT2D eigenvalue weighted by Gasteiger charge is 2.19. The van der Waals surface area contributed by atoms with E-state index in [-0.39, 0.29) is 5.91 Å². The molecule has 1 amide bonds. The molecule has 0 bridgehead atoms. The van der Waals surface area contributed by atoms with Gasteiger partial charge in [-0.05, 0) is 59.8 Å². The molecular formula is C25H20INO. The largest absolute Gasteiger partial charge is 0.310 e. The van der Waals surface area contributed by atoms with Crippen LogP contribution in [0.2, 0.25) is 0 Å². The molecule has 0 N–H and O–H groups in total. The van der Waals surface area contributed by atoms with Crippen LogP contribution in [0.1, 0.15) is 22.3 Å². The standard InChI is InChI=1S/C25H20INO/c1-18-12-14-20(15-13-18)16-17-21-8-4-5-9-22(21)19(2)25(28)27(3)24-11-7-6-10-23(24)26/h4-15H,2H2,1,3H3. The molecule has 0 saturated heterocycles. The summed E-state index contributed by atoms with van der Waals surface area (Å²) in [5.74, 6) is 6.22. The summed E-state index contributed by atoms with van der Waals surface area (Å²) >= 11 is 2.23. The number of hydrogen-bond acceptors (Lipinski definition) is 1. The fourth-order valence-corrected chi connectivity index (χ4v) is 3.53. The molecule has 3 heteroatoms. The summed E-state index contributed by atoms with van der Waals surface area (Å²) in [7, 11) is 1.77. The van der Waals surface area contributed by atoms with E-state index in [1.807, 2.05) is 79.7 Å². The monoisotopic (exact) mass is 477 g/mol. The van der Waals surface area contributed by atoms with Crippen molar-refractivity contribution in [2.45, 2.75) is 6.92 Å². The first-order valence-corrected chi connectivity index (χ1v) is 9.95. The number of halogens is 1. The van der Waals surface area contributed by atoms with Crippen molar-refractivity contribution in [3.05, 3.63) is 105 Å². The smallest absolute Gasteiger partial charge is 0.258 e. The Bertz CT molecular complexity index is 1090. The molecule has 0 aliphatic heterocycles. The molecule has 28 heavy (non-hydrogen) atoms. The Morgan fingerprint density at radius 2 is 1.57 bits per heavy atom. The highest BCUT2D eigenvalue weighted by Crippen LogP contribution is 2.25. The summed E-state index contributed by atoms with van der Waals surface area (Å²) in [6, 6.07) is 23.5. The Morgan fingerprint density at radius 1 is 0.929 bits per heavy atom. The van der Waals surface area contributed by atoms with E-state index >= 15 is 0 Å². The zero-order valence-corrected chi connectivity index (χ0v) is 18.0. The molecule has 0 saturated carbocycles. The number of para-hydroxylation sites is 1. The van der Waals surface area contributed by atoms with Gasteiger partial charge in [-0.25, -0.2) is 0 Å². The van der Waals surface area contributed by atoms with E-state index in [2.05, 4.69) is 41.0 Å². The summed E-state index contributed by atoms with van der Waals surface area (Å²) < 4.78 is 1.01. The minimum atomic E-state index is -0.145. The highest BCUT2D eigenvalue weighted by atomic mass is 127.